The Morgan fingerprint density at radius 1 is 1.23 bits per heavy atom. The zero-order valence-corrected chi connectivity index (χ0v) is 13.8. The average molecular weight is 324 g/mol. The van der Waals surface area contributed by atoms with E-state index in [9.17, 15) is 9.59 Å². The lowest BCUT2D eigenvalue weighted by atomic mass is 10.0. The highest BCUT2D eigenvalue weighted by molar-refractivity contribution is 7.09. The van der Waals surface area contributed by atoms with E-state index in [0.717, 1.165) is 10.6 Å². The molecule has 0 bridgehead atoms. The maximum Gasteiger partial charge on any atom is 0.315 e. The lowest BCUT2D eigenvalue weighted by Crippen LogP contribution is -2.40. The van der Waals surface area contributed by atoms with Crippen LogP contribution in [0.3, 0.4) is 0 Å². The number of aromatic nitrogens is 1. The molecule has 3 amide bonds. The Labute approximate surface area is 135 Å². The minimum absolute atomic E-state index is 0.0920. The van der Waals surface area contributed by atoms with Crippen molar-refractivity contribution in [2.75, 3.05) is 13.1 Å². The highest BCUT2D eigenvalue weighted by Gasteiger charge is 2.17. The molecule has 0 atom stereocenters. The summed E-state index contributed by atoms with van der Waals surface area (Å²) >= 11 is 1.53. The first-order chi connectivity index (χ1) is 10.6. The van der Waals surface area contributed by atoms with E-state index >= 15 is 0 Å². The predicted octanol–water partition coefficient (Wildman–Crippen LogP) is 1.95. The third kappa shape index (κ3) is 5.63. The summed E-state index contributed by atoms with van der Waals surface area (Å²) in [6.45, 7) is 3.31. The smallest absolute Gasteiger partial charge is 0.315 e. The van der Waals surface area contributed by atoms with Crippen LogP contribution in [0.25, 0.3) is 0 Å². The van der Waals surface area contributed by atoms with Crippen LogP contribution in [-0.4, -0.2) is 30.0 Å². The van der Waals surface area contributed by atoms with Crippen molar-refractivity contribution in [3.63, 3.8) is 0 Å². The van der Waals surface area contributed by atoms with E-state index < -0.39 is 0 Å². The van der Waals surface area contributed by atoms with E-state index in [1.165, 1.54) is 37.0 Å². The van der Waals surface area contributed by atoms with Crippen LogP contribution in [0, 0.1) is 12.8 Å². The zero-order valence-electron chi connectivity index (χ0n) is 13.0. The molecule has 6 nitrogen and oxygen atoms in total. The monoisotopic (exact) mass is 324 g/mol. The van der Waals surface area contributed by atoms with Crippen molar-refractivity contribution < 1.29 is 9.59 Å². The summed E-state index contributed by atoms with van der Waals surface area (Å²) in [6.07, 6.45) is 5.46. The maximum atomic E-state index is 11.7. The number of hydrogen-bond acceptors (Lipinski definition) is 4. The van der Waals surface area contributed by atoms with E-state index in [4.69, 9.17) is 0 Å². The summed E-state index contributed by atoms with van der Waals surface area (Å²) in [5, 5.41) is 8.37. The highest BCUT2D eigenvalue weighted by Crippen LogP contribution is 2.27. The summed E-state index contributed by atoms with van der Waals surface area (Å²) in [7, 11) is 0. The third-order valence-corrected chi connectivity index (χ3v) is 4.87. The number of amides is 3. The SMILES string of the molecule is Cc1ncsc1CNC(=O)NCCNC(=O)CC1CCCC1. The second kappa shape index (κ2) is 8.73. The van der Waals surface area contributed by atoms with Crippen molar-refractivity contribution in [3.05, 3.63) is 16.1 Å². The van der Waals surface area contributed by atoms with Crippen LogP contribution < -0.4 is 16.0 Å². The molecule has 1 aromatic heterocycles. The fourth-order valence-corrected chi connectivity index (χ4v) is 3.36. The van der Waals surface area contributed by atoms with Gasteiger partial charge in [0.15, 0.2) is 0 Å². The molecule has 0 unspecified atom stereocenters. The van der Waals surface area contributed by atoms with Crippen LogP contribution in [0.15, 0.2) is 5.51 Å². The van der Waals surface area contributed by atoms with Crippen LogP contribution in [0.5, 0.6) is 0 Å². The first-order valence-electron chi connectivity index (χ1n) is 7.82. The normalized spacial score (nSPS) is 14.8. The molecule has 1 aliphatic carbocycles. The Morgan fingerprint density at radius 3 is 2.64 bits per heavy atom. The fraction of sp³-hybridized carbons (Fsp3) is 0.667. The second-order valence-corrected chi connectivity index (χ2v) is 6.61. The number of aryl methyl sites for hydroxylation is 1. The molecular formula is C15H24N4O2S. The molecule has 0 radical (unpaired) electrons. The molecule has 0 aliphatic heterocycles. The van der Waals surface area contributed by atoms with Crippen LogP contribution in [0.1, 0.15) is 42.7 Å². The molecular weight excluding hydrogens is 300 g/mol. The number of hydrogen-bond donors (Lipinski definition) is 3. The van der Waals surface area contributed by atoms with Gasteiger partial charge < -0.3 is 16.0 Å². The molecule has 1 aliphatic rings. The van der Waals surface area contributed by atoms with Gasteiger partial charge in [0.05, 0.1) is 17.7 Å². The summed E-state index contributed by atoms with van der Waals surface area (Å²) in [5.41, 5.74) is 2.72. The Hall–Kier alpha value is -1.63. The lowest BCUT2D eigenvalue weighted by molar-refractivity contribution is -0.121. The molecule has 7 heteroatoms. The van der Waals surface area contributed by atoms with Gasteiger partial charge in [-0.2, -0.15) is 0 Å². The van der Waals surface area contributed by atoms with Crippen LogP contribution in [-0.2, 0) is 11.3 Å². The Balaban J connectivity index is 1.51. The first kappa shape index (κ1) is 16.7. The van der Waals surface area contributed by atoms with E-state index in [0.29, 0.717) is 32.0 Å². The van der Waals surface area contributed by atoms with Gasteiger partial charge in [0.2, 0.25) is 5.91 Å². The quantitative estimate of drug-likeness (QED) is 0.670. The summed E-state index contributed by atoms with van der Waals surface area (Å²) in [5.74, 6) is 0.647. The topological polar surface area (TPSA) is 83.1 Å². The molecule has 0 aromatic carbocycles. The number of rotatable bonds is 7. The second-order valence-electron chi connectivity index (χ2n) is 5.67. The van der Waals surface area contributed by atoms with Crippen molar-refractivity contribution in [1.82, 2.24) is 20.9 Å². The number of carbonyl (C=O) groups is 2. The van der Waals surface area contributed by atoms with E-state index in [2.05, 4.69) is 20.9 Å². The highest BCUT2D eigenvalue weighted by atomic mass is 32.1. The minimum Gasteiger partial charge on any atom is -0.354 e. The van der Waals surface area contributed by atoms with Crippen molar-refractivity contribution >= 4 is 23.3 Å². The third-order valence-electron chi connectivity index (χ3n) is 3.94. The molecule has 1 heterocycles. The molecule has 2 rings (SSSR count). The largest absolute Gasteiger partial charge is 0.354 e. The van der Waals surface area contributed by atoms with E-state index in [1.54, 1.807) is 5.51 Å². The van der Waals surface area contributed by atoms with Gasteiger partial charge in [0.1, 0.15) is 0 Å². The fourth-order valence-electron chi connectivity index (χ4n) is 2.65. The van der Waals surface area contributed by atoms with Gasteiger partial charge in [0.25, 0.3) is 0 Å². The number of nitrogens with one attached hydrogen (secondary N) is 3. The summed E-state index contributed by atoms with van der Waals surface area (Å²) in [4.78, 5) is 28.5. The molecule has 22 heavy (non-hydrogen) atoms. The summed E-state index contributed by atoms with van der Waals surface area (Å²) in [6, 6.07) is -0.224. The number of nitrogens with zero attached hydrogens (tertiary/aromatic N) is 1. The van der Waals surface area contributed by atoms with E-state index in [1.807, 2.05) is 6.92 Å². The predicted molar refractivity (Wildman–Crippen MR) is 86.7 cm³/mol. The van der Waals surface area contributed by atoms with Gasteiger partial charge in [-0.1, -0.05) is 12.8 Å². The van der Waals surface area contributed by atoms with Gasteiger partial charge >= 0.3 is 6.03 Å². The maximum absolute atomic E-state index is 11.7. The average Bonchev–Trinajstić information content (AvgIpc) is 3.13. The van der Waals surface area contributed by atoms with Crippen LogP contribution in [0.2, 0.25) is 0 Å². The Morgan fingerprint density at radius 2 is 1.95 bits per heavy atom. The van der Waals surface area contributed by atoms with E-state index in [-0.39, 0.29) is 11.9 Å². The molecule has 3 N–H and O–H groups in total. The molecule has 1 saturated carbocycles. The molecule has 1 aromatic rings. The number of carbonyl (C=O) groups excluding carboxylic acids is 2. The van der Waals surface area contributed by atoms with Gasteiger partial charge in [-0.15, -0.1) is 11.3 Å². The zero-order chi connectivity index (χ0) is 15.8. The van der Waals surface area contributed by atoms with Crippen molar-refractivity contribution in [3.8, 4) is 0 Å². The first-order valence-corrected chi connectivity index (χ1v) is 8.70. The standard InChI is InChI=1S/C15H24N4O2S/c1-11-13(22-10-19-11)9-18-15(21)17-7-6-16-14(20)8-12-4-2-3-5-12/h10,12H,2-9H2,1H3,(H,16,20)(H2,17,18,21). The minimum atomic E-state index is -0.224. The van der Waals surface area contributed by atoms with Crippen LogP contribution >= 0.6 is 11.3 Å². The van der Waals surface area contributed by atoms with Crippen LogP contribution in [0.4, 0.5) is 4.79 Å². The van der Waals surface area contributed by atoms with Gasteiger partial charge in [-0.25, -0.2) is 9.78 Å². The summed E-state index contributed by atoms with van der Waals surface area (Å²) < 4.78 is 0. The number of urea groups is 1. The molecule has 1 fully saturated rings. The van der Waals surface area contributed by atoms with Gasteiger partial charge in [-0.3, -0.25) is 4.79 Å². The molecule has 122 valence electrons. The molecule has 0 saturated heterocycles. The van der Waals surface area contributed by atoms with Gasteiger partial charge in [-0.05, 0) is 25.7 Å². The van der Waals surface area contributed by atoms with Gasteiger partial charge in [0, 0.05) is 24.4 Å². The number of thiazole rings is 1. The Bertz CT molecular complexity index is 497. The lowest BCUT2D eigenvalue weighted by Gasteiger charge is -2.10. The Kier molecular flexibility index (Phi) is 6.64. The van der Waals surface area contributed by atoms with Crippen molar-refractivity contribution in [2.45, 2.75) is 45.6 Å². The van der Waals surface area contributed by atoms with Crippen molar-refractivity contribution in [2.24, 2.45) is 5.92 Å². The molecule has 0 spiro atoms. The van der Waals surface area contributed by atoms with Crippen molar-refractivity contribution in [1.29, 1.82) is 0 Å².